The fourth-order valence-corrected chi connectivity index (χ4v) is 8.74. The molecular weight excluding hydrogens is 444 g/mol. The van der Waals surface area contributed by atoms with Crippen molar-refractivity contribution in [2.75, 3.05) is 39.6 Å². The van der Waals surface area contributed by atoms with E-state index in [0.29, 0.717) is 49.4 Å². The first-order chi connectivity index (χ1) is 16.8. The molecular formula is C29H54O6. The highest BCUT2D eigenvalue weighted by atomic mass is 16.5. The van der Waals surface area contributed by atoms with Crippen LogP contribution in [0.25, 0.3) is 0 Å². The molecule has 0 aromatic rings. The SMILES string of the molecule is CC[C@@H](OCCO)C1[C@@H](C2(C)CCC(OCCO)CC2)C[C@H](OCCO)C2(C)C(C(C)C)CC[C@@H]12. The van der Waals surface area contributed by atoms with Crippen LogP contribution in [0, 0.1) is 40.4 Å². The van der Waals surface area contributed by atoms with E-state index in [-0.39, 0.29) is 49.0 Å². The average molecular weight is 499 g/mol. The van der Waals surface area contributed by atoms with E-state index in [2.05, 4.69) is 34.6 Å². The predicted molar refractivity (Wildman–Crippen MR) is 138 cm³/mol. The molecule has 0 aromatic carbocycles. The topological polar surface area (TPSA) is 88.4 Å². The van der Waals surface area contributed by atoms with E-state index in [4.69, 9.17) is 14.2 Å². The third-order valence-electron chi connectivity index (χ3n) is 10.4. The molecule has 3 fully saturated rings. The fourth-order valence-electron chi connectivity index (χ4n) is 8.74. The zero-order valence-electron chi connectivity index (χ0n) is 23.1. The van der Waals surface area contributed by atoms with Crippen molar-refractivity contribution in [1.29, 1.82) is 0 Å². The Kier molecular flexibility index (Phi) is 10.9. The molecule has 206 valence electrons. The molecule has 3 aliphatic rings. The summed E-state index contributed by atoms with van der Waals surface area (Å²) in [6, 6.07) is 0. The van der Waals surface area contributed by atoms with Crippen molar-refractivity contribution in [3.63, 3.8) is 0 Å². The number of ether oxygens (including phenoxy) is 3. The van der Waals surface area contributed by atoms with Crippen LogP contribution in [-0.2, 0) is 14.2 Å². The van der Waals surface area contributed by atoms with E-state index in [1.54, 1.807) is 0 Å². The highest BCUT2D eigenvalue weighted by Gasteiger charge is 2.63. The molecule has 0 heterocycles. The molecule has 35 heavy (non-hydrogen) atoms. The second-order valence-electron chi connectivity index (χ2n) is 12.4. The summed E-state index contributed by atoms with van der Waals surface area (Å²) in [6.07, 6.45) is 9.23. The first-order valence-electron chi connectivity index (χ1n) is 14.4. The van der Waals surface area contributed by atoms with E-state index < -0.39 is 0 Å². The molecule has 0 bridgehead atoms. The van der Waals surface area contributed by atoms with Gasteiger partial charge in [0, 0.05) is 5.41 Å². The van der Waals surface area contributed by atoms with Gasteiger partial charge in [0.2, 0.25) is 0 Å². The van der Waals surface area contributed by atoms with Gasteiger partial charge in [-0.1, -0.05) is 34.6 Å². The van der Waals surface area contributed by atoms with Crippen LogP contribution in [0.2, 0.25) is 0 Å². The normalized spacial score (nSPS) is 40.7. The lowest BCUT2D eigenvalue weighted by Crippen LogP contribution is -2.59. The summed E-state index contributed by atoms with van der Waals surface area (Å²) in [7, 11) is 0. The van der Waals surface area contributed by atoms with Crippen LogP contribution >= 0.6 is 0 Å². The van der Waals surface area contributed by atoms with Crippen LogP contribution in [0.4, 0.5) is 0 Å². The Labute approximate surface area is 214 Å². The molecule has 3 saturated carbocycles. The van der Waals surface area contributed by atoms with Crippen LogP contribution in [-0.4, -0.2) is 73.3 Å². The number of aliphatic hydroxyl groups excluding tert-OH is 3. The summed E-state index contributed by atoms with van der Waals surface area (Å²) in [5.74, 6) is 2.62. The zero-order chi connectivity index (χ0) is 25.6. The molecule has 0 radical (unpaired) electrons. The summed E-state index contributed by atoms with van der Waals surface area (Å²) >= 11 is 0. The molecule has 6 heteroatoms. The molecule has 0 saturated heterocycles. The van der Waals surface area contributed by atoms with Gasteiger partial charge in [0.05, 0.1) is 58.0 Å². The molecule has 3 N–H and O–H groups in total. The van der Waals surface area contributed by atoms with Crippen molar-refractivity contribution >= 4 is 0 Å². The van der Waals surface area contributed by atoms with Crippen molar-refractivity contribution in [3.8, 4) is 0 Å². The molecule has 0 spiro atoms. The van der Waals surface area contributed by atoms with Gasteiger partial charge in [0.1, 0.15) is 0 Å². The Hall–Kier alpha value is -0.240. The van der Waals surface area contributed by atoms with Gasteiger partial charge in [-0.3, -0.25) is 0 Å². The van der Waals surface area contributed by atoms with Crippen molar-refractivity contribution < 1.29 is 29.5 Å². The summed E-state index contributed by atoms with van der Waals surface area (Å²) in [6.45, 7) is 13.3. The zero-order valence-corrected chi connectivity index (χ0v) is 23.1. The van der Waals surface area contributed by atoms with Crippen molar-refractivity contribution in [2.24, 2.45) is 40.4 Å². The molecule has 6 nitrogen and oxygen atoms in total. The Morgan fingerprint density at radius 2 is 1.46 bits per heavy atom. The van der Waals surface area contributed by atoms with Gasteiger partial charge >= 0.3 is 0 Å². The minimum Gasteiger partial charge on any atom is -0.394 e. The van der Waals surface area contributed by atoms with Crippen molar-refractivity contribution in [3.05, 3.63) is 0 Å². The minimum atomic E-state index is 0.0633. The summed E-state index contributed by atoms with van der Waals surface area (Å²) in [5.41, 5.74) is 0.246. The van der Waals surface area contributed by atoms with Crippen LogP contribution in [0.5, 0.6) is 0 Å². The van der Waals surface area contributed by atoms with Gasteiger partial charge in [0.25, 0.3) is 0 Å². The molecule has 0 aliphatic heterocycles. The lowest BCUT2D eigenvalue weighted by atomic mass is 9.48. The highest BCUT2D eigenvalue weighted by Crippen LogP contribution is 2.66. The first kappa shape index (κ1) is 29.3. The van der Waals surface area contributed by atoms with E-state index in [0.717, 1.165) is 38.5 Å². The van der Waals surface area contributed by atoms with Gasteiger partial charge in [-0.25, -0.2) is 0 Å². The van der Waals surface area contributed by atoms with Gasteiger partial charge < -0.3 is 29.5 Å². The maximum Gasteiger partial charge on any atom is 0.0701 e. The van der Waals surface area contributed by atoms with Crippen molar-refractivity contribution in [1.82, 2.24) is 0 Å². The number of rotatable bonds is 13. The Morgan fingerprint density at radius 1 is 0.829 bits per heavy atom. The maximum absolute atomic E-state index is 9.64. The quantitative estimate of drug-likeness (QED) is 0.348. The third-order valence-corrected chi connectivity index (χ3v) is 10.4. The Morgan fingerprint density at radius 3 is 2.03 bits per heavy atom. The van der Waals surface area contributed by atoms with Crippen LogP contribution < -0.4 is 0 Å². The van der Waals surface area contributed by atoms with Gasteiger partial charge in [-0.15, -0.1) is 0 Å². The lowest BCUT2D eigenvalue weighted by molar-refractivity contribution is -0.193. The fraction of sp³-hybridized carbons (Fsp3) is 1.00. The number of hydrogen-bond acceptors (Lipinski definition) is 6. The van der Waals surface area contributed by atoms with Gasteiger partial charge in [0.15, 0.2) is 0 Å². The van der Waals surface area contributed by atoms with E-state index >= 15 is 0 Å². The third kappa shape index (κ3) is 6.09. The number of fused-ring (bicyclic) bond motifs is 1. The standard InChI is InChI=1S/C29H54O6/c1-6-25(34-17-14-31)27-23-8-7-22(20(2)3)29(23,5)26(35-18-15-32)19-24(27)28(4)11-9-21(10-12-28)33-16-13-30/h20-27,30-32H,6-19H2,1-5H3/t21?,22?,23-,24-,25+,26-,27?,28?,29?/m0/s1. The smallest absolute Gasteiger partial charge is 0.0701 e. The lowest BCUT2D eigenvalue weighted by Gasteiger charge is -2.60. The summed E-state index contributed by atoms with van der Waals surface area (Å²) in [4.78, 5) is 0. The highest BCUT2D eigenvalue weighted by molar-refractivity contribution is 5.11. The van der Waals surface area contributed by atoms with Gasteiger partial charge in [-0.2, -0.15) is 0 Å². The van der Waals surface area contributed by atoms with Crippen LogP contribution in [0.3, 0.4) is 0 Å². The van der Waals surface area contributed by atoms with Crippen LogP contribution in [0.1, 0.15) is 86.0 Å². The van der Waals surface area contributed by atoms with E-state index in [1.807, 2.05) is 0 Å². The Balaban J connectivity index is 1.95. The largest absolute Gasteiger partial charge is 0.394 e. The first-order valence-corrected chi connectivity index (χ1v) is 14.4. The Bertz CT molecular complexity index is 618. The van der Waals surface area contributed by atoms with Gasteiger partial charge in [-0.05, 0) is 86.4 Å². The predicted octanol–water partition coefficient (Wildman–Crippen LogP) is 4.43. The van der Waals surface area contributed by atoms with Crippen molar-refractivity contribution in [2.45, 2.75) is 104 Å². The number of hydrogen-bond donors (Lipinski definition) is 3. The monoisotopic (exact) mass is 498 g/mol. The maximum atomic E-state index is 9.64. The average Bonchev–Trinajstić information content (AvgIpc) is 3.21. The molecule has 0 amide bonds. The number of aliphatic hydroxyl groups is 3. The molecule has 3 aliphatic carbocycles. The van der Waals surface area contributed by atoms with E-state index in [1.165, 1.54) is 12.8 Å². The summed E-state index contributed by atoms with van der Waals surface area (Å²) < 4.78 is 18.8. The minimum absolute atomic E-state index is 0.0633. The summed E-state index contributed by atoms with van der Waals surface area (Å²) in [5, 5.41) is 28.4. The molecule has 0 aromatic heterocycles. The van der Waals surface area contributed by atoms with E-state index in [9.17, 15) is 15.3 Å². The molecule has 3 rings (SSSR count). The second-order valence-corrected chi connectivity index (χ2v) is 12.4. The molecule has 7 atom stereocenters. The van der Waals surface area contributed by atoms with Crippen LogP contribution in [0.15, 0.2) is 0 Å². The molecule has 3 unspecified atom stereocenters. The second kappa shape index (κ2) is 13.0.